The molecule has 0 saturated heterocycles. The summed E-state index contributed by atoms with van der Waals surface area (Å²) < 4.78 is 26.9. The first-order valence-corrected chi connectivity index (χ1v) is 7.01. The fourth-order valence-electron chi connectivity index (χ4n) is 2.11. The molecule has 2 amide bonds. The first-order chi connectivity index (χ1) is 9.90. The Morgan fingerprint density at radius 3 is 2.52 bits per heavy atom. The average molecular weight is 300 g/mol. The highest BCUT2D eigenvalue weighted by atomic mass is 19.1. The molecule has 118 valence electrons. The number of aliphatic hydroxyl groups is 1. The standard InChI is InChI=1S/C15H22F2N2O2/c1-4-19(7-8-20)15(21)18-14(10(2)3)12-6-5-11(16)9-13(12)17/h5-6,9-10,14,20H,4,7-8H2,1-3H3,(H,18,21). The van der Waals surface area contributed by atoms with E-state index in [0.717, 1.165) is 6.07 Å². The van der Waals surface area contributed by atoms with Gasteiger partial charge in [-0.25, -0.2) is 13.6 Å². The SMILES string of the molecule is CCN(CCO)C(=O)NC(c1ccc(F)cc1F)C(C)C. The molecule has 6 heteroatoms. The molecule has 21 heavy (non-hydrogen) atoms. The van der Waals surface area contributed by atoms with Crippen LogP contribution in [-0.2, 0) is 0 Å². The minimum Gasteiger partial charge on any atom is -0.395 e. The summed E-state index contributed by atoms with van der Waals surface area (Å²) in [5.74, 6) is -1.40. The van der Waals surface area contributed by atoms with E-state index in [2.05, 4.69) is 5.32 Å². The molecule has 0 aromatic heterocycles. The van der Waals surface area contributed by atoms with Crippen LogP contribution in [0.3, 0.4) is 0 Å². The van der Waals surface area contributed by atoms with Gasteiger partial charge in [-0.1, -0.05) is 19.9 Å². The molecule has 0 aliphatic heterocycles. The minimum absolute atomic E-state index is 0.0678. The lowest BCUT2D eigenvalue weighted by Crippen LogP contribution is -2.44. The van der Waals surface area contributed by atoms with Gasteiger partial charge in [0.05, 0.1) is 12.6 Å². The van der Waals surface area contributed by atoms with E-state index < -0.39 is 17.7 Å². The highest BCUT2D eigenvalue weighted by Gasteiger charge is 2.23. The van der Waals surface area contributed by atoms with Crippen molar-refractivity contribution in [2.24, 2.45) is 5.92 Å². The van der Waals surface area contributed by atoms with E-state index >= 15 is 0 Å². The second-order valence-electron chi connectivity index (χ2n) is 5.14. The molecule has 0 saturated carbocycles. The fourth-order valence-corrected chi connectivity index (χ4v) is 2.11. The zero-order chi connectivity index (χ0) is 16.0. The van der Waals surface area contributed by atoms with Crippen molar-refractivity contribution in [1.82, 2.24) is 10.2 Å². The normalized spacial score (nSPS) is 12.3. The van der Waals surface area contributed by atoms with Gasteiger partial charge in [-0.15, -0.1) is 0 Å². The van der Waals surface area contributed by atoms with Gasteiger partial charge in [0.1, 0.15) is 11.6 Å². The highest BCUT2D eigenvalue weighted by Crippen LogP contribution is 2.25. The lowest BCUT2D eigenvalue weighted by molar-refractivity contribution is 0.174. The van der Waals surface area contributed by atoms with Crippen LogP contribution >= 0.6 is 0 Å². The highest BCUT2D eigenvalue weighted by molar-refractivity contribution is 5.74. The summed E-state index contributed by atoms with van der Waals surface area (Å²) in [6, 6.07) is 2.38. The molecule has 1 aromatic carbocycles. The predicted octanol–water partition coefficient (Wildman–Crippen LogP) is 2.69. The van der Waals surface area contributed by atoms with E-state index in [1.54, 1.807) is 6.92 Å². The van der Waals surface area contributed by atoms with Crippen molar-refractivity contribution in [3.8, 4) is 0 Å². The number of benzene rings is 1. The Hall–Kier alpha value is -1.69. The zero-order valence-electron chi connectivity index (χ0n) is 12.6. The number of hydrogen-bond acceptors (Lipinski definition) is 2. The average Bonchev–Trinajstić information content (AvgIpc) is 2.42. The Labute approximate surface area is 123 Å². The number of urea groups is 1. The van der Waals surface area contributed by atoms with Crippen molar-refractivity contribution in [3.63, 3.8) is 0 Å². The number of halogens is 2. The second-order valence-corrected chi connectivity index (χ2v) is 5.14. The number of nitrogens with zero attached hydrogens (tertiary/aromatic N) is 1. The maximum Gasteiger partial charge on any atom is 0.317 e. The van der Waals surface area contributed by atoms with E-state index in [1.807, 2.05) is 13.8 Å². The predicted molar refractivity (Wildman–Crippen MR) is 76.8 cm³/mol. The molecule has 1 atom stereocenters. The second kappa shape index (κ2) is 7.93. The maximum atomic E-state index is 13.9. The number of rotatable bonds is 6. The molecule has 4 nitrogen and oxygen atoms in total. The Balaban J connectivity index is 2.95. The van der Waals surface area contributed by atoms with Gasteiger partial charge in [0.2, 0.25) is 0 Å². The number of carbonyl (C=O) groups is 1. The summed E-state index contributed by atoms with van der Waals surface area (Å²) in [5, 5.41) is 11.7. The van der Waals surface area contributed by atoms with Gasteiger partial charge in [-0.05, 0) is 18.9 Å². The van der Waals surface area contributed by atoms with Crippen LogP contribution < -0.4 is 5.32 Å². The molecule has 1 aromatic rings. The van der Waals surface area contributed by atoms with Crippen molar-refractivity contribution < 1.29 is 18.7 Å². The van der Waals surface area contributed by atoms with Crippen LogP contribution in [0.1, 0.15) is 32.4 Å². The van der Waals surface area contributed by atoms with E-state index in [1.165, 1.54) is 17.0 Å². The van der Waals surface area contributed by atoms with E-state index in [0.29, 0.717) is 6.54 Å². The Kier molecular flexibility index (Phi) is 6.55. The topological polar surface area (TPSA) is 52.6 Å². The van der Waals surface area contributed by atoms with Gasteiger partial charge < -0.3 is 15.3 Å². The number of amides is 2. The quantitative estimate of drug-likeness (QED) is 0.848. The van der Waals surface area contributed by atoms with E-state index in [9.17, 15) is 13.6 Å². The van der Waals surface area contributed by atoms with Gasteiger partial charge in [-0.3, -0.25) is 0 Å². The number of nitrogens with one attached hydrogen (secondary N) is 1. The molecule has 0 bridgehead atoms. The molecule has 1 rings (SSSR count). The summed E-state index contributed by atoms with van der Waals surface area (Å²) in [5.41, 5.74) is 0.250. The van der Waals surface area contributed by atoms with E-state index in [-0.39, 0.29) is 30.7 Å². The molecule has 1 unspecified atom stereocenters. The lowest BCUT2D eigenvalue weighted by Gasteiger charge is -2.28. The van der Waals surface area contributed by atoms with Crippen LogP contribution in [0, 0.1) is 17.6 Å². The van der Waals surface area contributed by atoms with Gasteiger partial charge in [0.15, 0.2) is 0 Å². The molecule has 2 N–H and O–H groups in total. The minimum atomic E-state index is -0.681. The van der Waals surface area contributed by atoms with Crippen molar-refractivity contribution in [3.05, 3.63) is 35.4 Å². The van der Waals surface area contributed by atoms with Crippen molar-refractivity contribution in [1.29, 1.82) is 0 Å². The molecule has 0 aliphatic carbocycles. The first-order valence-electron chi connectivity index (χ1n) is 7.01. The Bertz CT molecular complexity index is 481. The lowest BCUT2D eigenvalue weighted by atomic mass is 9.95. The summed E-state index contributed by atoms with van der Waals surface area (Å²) in [6.07, 6.45) is 0. The molecule has 0 radical (unpaired) electrons. The monoisotopic (exact) mass is 300 g/mol. The van der Waals surface area contributed by atoms with Crippen LogP contribution in [0.25, 0.3) is 0 Å². The van der Waals surface area contributed by atoms with Crippen molar-refractivity contribution in [2.75, 3.05) is 19.7 Å². The van der Waals surface area contributed by atoms with Crippen LogP contribution in [-0.4, -0.2) is 35.7 Å². The fraction of sp³-hybridized carbons (Fsp3) is 0.533. The summed E-state index contributed by atoms with van der Waals surface area (Å²) in [4.78, 5) is 13.6. The van der Waals surface area contributed by atoms with Crippen molar-refractivity contribution >= 4 is 6.03 Å². The van der Waals surface area contributed by atoms with Crippen LogP contribution in [0.15, 0.2) is 18.2 Å². The third-order valence-corrected chi connectivity index (χ3v) is 3.28. The molecule has 0 spiro atoms. The number of likely N-dealkylation sites (N-methyl/N-ethyl adjacent to an activating group) is 1. The van der Waals surface area contributed by atoms with Crippen molar-refractivity contribution in [2.45, 2.75) is 26.8 Å². The first kappa shape index (κ1) is 17.4. The van der Waals surface area contributed by atoms with Gasteiger partial charge >= 0.3 is 6.03 Å². The maximum absolute atomic E-state index is 13.9. The van der Waals surface area contributed by atoms with E-state index in [4.69, 9.17) is 5.11 Å². The molecule has 0 fully saturated rings. The Morgan fingerprint density at radius 2 is 2.05 bits per heavy atom. The molecule has 0 heterocycles. The largest absolute Gasteiger partial charge is 0.395 e. The summed E-state index contributed by atoms with van der Waals surface area (Å²) >= 11 is 0. The number of hydrogen-bond donors (Lipinski definition) is 2. The third kappa shape index (κ3) is 4.67. The smallest absolute Gasteiger partial charge is 0.317 e. The summed E-state index contributed by atoms with van der Waals surface area (Å²) in [7, 11) is 0. The molecular weight excluding hydrogens is 278 g/mol. The number of aliphatic hydroxyl groups excluding tert-OH is 1. The molecular formula is C15H22F2N2O2. The zero-order valence-corrected chi connectivity index (χ0v) is 12.6. The van der Waals surface area contributed by atoms with Crippen LogP contribution in [0.2, 0.25) is 0 Å². The van der Waals surface area contributed by atoms with Crippen LogP contribution in [0.5, 0.6) is 0 Å². The van der Waals surface area contributed by atoms with Gasteiger partial charge in [0.25, 0.3) is 0 Å². The van der Waals surface area contributed by atoms with Crippen LogP contribution in [0.4, 0.5) is 13.6 Å². The molecule has 0 aliphatic rings. The number of carbonyl (C=O) groups excluding carboxylic acids is 1. The summed E-state index contributed by atoms with van der Waals surface area (Å²) in [6.45, 7) is 5.98. The van der Waals surface area contributed by atoms with Gasteiger partial charge in [0, 0.05) is 24.7 Å². The third-order valence-electron chi connectivity index (χ3n) is 3.28. The Morgan fingerprint density at radius 1 is 1.38 bits per heavy atom. The van der Waals surface area contributed by atoms with Gasteiger partial charge in [-0.2, -0.15) is 0 Å².